The van der Waals surface area contributed by atoms with Crippen molar-refractivity contribution in [2.75, 3.05) is 0 Å². The number of hydrogen-bond acceptors (Lipinski definition) is 2. The summed E-state index contributed by atoms with van der Waals surface area (Å²) in [5.74, 6) is 0.941. The monoisotopic (exact) mass is 177 g/mol. The van der Waals surface area contributed by atoms with Crippen molar-refractivity contribution >= 4 is 0 Å². The molecule has 1 heterocycles. The third-order valence-electron chi connectivity index (χ3n) is 1.75. The van der Waals surface area contributed by atoms with Gasteiger partial charge in [-0.05, 0) is 19.1 Å². The molecule has 0 bridgehead atoms. The molecule has 1 rings (SSSR count). The van der Waals surface area contributed by atoms with Gasteiger partial charge in [0.15, 0.2) is 0 Å². The first-order chi connectivity index (χ1) is 6.36. The summed E-state index contributed by atoms with van der Waals surface area (Å²) in [5.41, 5.74) is 0. The smallest absolute Gasteiger partial charge is 0.117 e. The molecule has 0 aromatic carbocycles. The topological polar surface area (TPSA) is 25.2 Å². The Bertz CT molecular complexity index is 262. The van der Waals surface area contributed by atoms with E-state index in [0.717, 1.165) is 12.3 Å². The average molecular weight is 177 g/mol. The van der Waals surface area contributed by atoms with Gasteiger partial charge in [-0.2, -0.15) is 0 Å². The van der Waals surface area contributed by atoms with Crippen LogP contribution in [0.4, 0.5) is 0 Å². The lowest BCUT2D eigenvalue weighted by atomic mass is 10.2. The second-order valence-electron chi connectivity index (χ2n) is 2.75. The van der Waals surface area contributed by atoms with Gasteiger partial charge in [0, 0.05) is 6.04 Å². The molecule has 2 nitrogen and oxygen atoms in total. The first-order valence-electron chi connectivity index (χ1n) is 4.38. The molecule has 1 aromatic rings. The van der Waals surface area contributed by atoms with Gasteiger partial charge in [0.1, 0.15) is 5.76 Å². The maximum Gasteiger partial charge on any atom is 0.117 e. The maximum absolute atomic E-state index is 5.19. The van der Waals surface area contributed by atoms with E-state index in [9.17, 15) is 0 Å². The Morgan fingerprint density at radius 1 is 1.69 bits per heavy atom. The SMILES string of the molecule is C=C[C@H](/C=C/C)NCc1ccco1. The molecule has 0 spiro atoms. The molecule has 0 unspecified atom stereocenters. The summed E-state index contributed by atoms with van der Waals surface area (Å²) in [6, 6.07) is 4.05. The van der Waals surface area contributed by atoms with E-state index in [1.165, 1.54) is 0 Å². The number of hydrogen-bond donors (Lipinski definition) is 1. The lowest BCUT2D eigenvalue weighted by Gasteiger charge is -2.07. The summed E-state index contributed by atoms with van der Waals surface area (Å²) in [7, 11) is 0. The van der Waals surface area contributed by atoms with Crippen LogP contribution in [0.15, 0.2) is 47.6 Å². The Morgan fingerprint density at radius 3 is 3.08 bits per heavy atom. The maximum atomic E-state index is 5.19. The quantitative estimate of drug-likeness (QED) is 0.699. The summed E-state index contributed by atoms with van der Waals surface area (Å²) in [6.45, 7) is 6.46. The summed E-state index contributed by atoms with van der Waals surface area (Å²) >= 11 is 0. The predicted molar refractivity (Wildman–Crippen MR) is 54.3 cm³/mol. The number of nitrogens with one attached hydrogen (secondary N) is 1. The van der Waals surface area contributed by atoms with E-state index in [0.29, 0.717) is 0 Å². The van der Waals surface area contributed by atoms with Gasteiger partial charge < -0.3 is 9.73 Å². The van der Waals surface area contributed by atoms with Gasteiger partial charge in [0.05, 0.1) is 12.8 Å². The van der Waals surface area contributed by atoms with Crippen LogP contribution in [0.5, 0.6) is 0 Å². The van der Waals surface area contributed by atoms with Crippen LogP contribution >= 0.6 is 0 Å². The zero-order valence-corrected chi connectivity index (χ0v) is 7.86. The van der Waals surface area contributed by atoms with Crippen molar-refractivity contribution in [2.24, 2.45) is 0 Å². The highest BCUT2D eigenvalue weighted by Gasteiger charge is 1.99. The molecule has 2 heteroatoms. The number of furan rings is 1. The molecule has 0 aliphatic heterocycles. The van der Waals surface area contributed by atoms with Crippen molar-refractivity contribution in [3.05, 3.63) is 49.0 Å². The molecule has 70 valence electrons. The molecule has 13 heavy (non-hydrogen) atoms. The Morgan fingerprint density at radius 2 is 2.54 bits per heavy atom. The van der Waals surface area contributed by atoms with E-state index in [-0.39, 0.29) is 6.04 Å². The fourth-order valence-electron chi connectivity index (χ4n) is 1.07. The number of allylic oxidation sites excluding steroid dienone is 1. The largest absolute Gasteiger partial charge is 0.468 e. The van der Waals surface area contributed by atoms with Crippen LogP contribution in [0.25, 0.3) is 0 Å². The molecule has 0 aliphatic carbocycles. The van der Waals surface area contributed by atoms with Crippen LogP contribution in [0.1, 0.15) is 12.7 Å². The zero-order chi connectivity index (χ0) is 9.52. The Kier molecular flexibility index (Phi) is 4.06. The minimum atomic E-state index is 0.218. The molecule has 1 atom stereocenters. The second-order valence-corrected chi connectivity index (χ2v) is 2.75. The molecule has 0 amide bonds. The molecular formula is C11H15NO. The van der Waals surface area contributed by atoms with Crippen molar-refractivity contribution in [1.82, 2.24) is 5.32 Å². The molecule has 0 saturated carbocycles. The minimum Gasteiger partial charge on any atom is -0.468 e. The Labute approximate surface area is 79.0 Å². The van der Waals surface area contributed by atoms with Gasteiger partial charge in [-0.3, -0.25) is 0 Å². The summed E-state index contributed by atoms with van der Waals surface area (Å²) in [5, 5.41) is 3.27. The van der Waals surface area contributed by atoms with Gasteiger partial charge in [-0.15, -0.1) is 6.58 Å². The highest BCUT2D eigenvalue weighted by Crippen LogP contribution is 2.00. The summed E-state index contributed by atoms with van der Waals surface area (Å²) in [6.07, 6.45) is 7.59. The average Bonchev–Trinajstić information content (AvgIpc) is 2.64. The minimum absolute atomic E-state index is 0.218. The molecule has 0 fully saturated rings. The number of rotatable bonds is 5. The molecule has 0 aliphatic rings. The molecule has 0 saturated heterocycles. The summed E-state index contributed by atoms with van der Waals surface area (Å²) < 4.78 is 5.19. The van der Waals surface area contributed by atoms with Crippen molar-refractivity contribution in [1.29, 1.82) is 0 Å². The lowest BCUT2D eigenvalue weighted by molar-refractivity contribution is 0.481. The van der Waals surface area contributed by atoms with Gasteiger partial charge in [-0.1, -0.05) is 18.2 Å². The summed E-state index contributed by atoms with van der Waals surface area (Å²) in [4.78, 5) is 0. The second kappa shape index (κ2) is 5.38. The van der Waals surface area contributed by atoms with Crippen LogP contribution in [-0.2, 0) is 6.54 Å². The van der Waals surface area contributed by atoms with Crippen molar-refractivity contribution in [3.63, 3.8) is 0 Å². The van der Waals surface area contributed by atoms with Gasteiger partial charge in [-0.25, -0.2) is 0 Å². The fraction of sp³-hybridized carbons (Fsp3) is 0.273. The third-order valence-corrected chi connectivity index (χ3v) is 1.75. The zero-order valence-electron chi connectivity index (χ0n) is 7.86. The molecule has 1 aromatic heterocycles. The van der Waals surface area contributed by atoms with Gasteiger partial charge in [0.2, 0.25) is 0 Å². The first-order valence-corrected chi connectivity index (χ1v) is 4.38. The molecule has 1 N–H and O–H groups in total. The van der Waals surface area contributed by atoms with Crippen LogP contribution < -0.4 is 5.32 Å². The van der Waals surface area contributed by atoms with Crippen molar-refractivity contribution in [3.8, 4) is 0 Å². The predicted octanol–water partition coefficient (Wildman–Crippen LogP) is 2.50. The Hall–Kier alpha value is -1.28. The van der Waals surface area contributed by atoms with E-state index in [4.69, 9.17) is 4.42 Å². The van der Waals surface area contributed by atoms with Crippen LogP contribution in [0, 0.1) is 0 Å². The van der Waals surface area contributed by atoms with Gasteiger partial charge >= 0.3 is 0 Å². The van der Waals surface area contributed by atoms with Gasteiger partial charge in [0.25, 0.3) is 0 Å². The van der Waals surface area contributed by atoms with E-state index in [2.05, 4.69) is 18.0 Å². The van der Waals surface area contributed by atoms with Crippen LogP contribution in [0.3, 0.4) is 0 Å². The van der Waals surface area contributed by atoms with Crippen LogP contribution in [-0.4, -0.2) is 6.04 Å². The highest BCUT2D eigenvalue weighted by atomic mass is 16.3. The van der Waals surface area contributed by atoms with Crippen molar-refractivity contribution in [2.45, 2.75) is 19.5 Å². The van der Waals surface area contributed by atoms with Crippen molar-refractivity contribution < 1.29 is 4.42 Å². The van der Waals surface area contributed by atoms with E-state index < -0.39 is 0 Å². The van der Waals surface area contributed by atoms with E-state index in [1.54, 1.807) is 6.26 Å². The molecular weight excluding hydrogens is 162 g/mol. The fourth-order valence-corrected chi connectivity index (χ4v) is 1.07. The van der Waals surface area contributed by atoms with Crippen LogP contribution in [0.2, 0.25) is 0 Å². The third kappa shape index (κ3) is 3.30. The first kappa shape index (κ1) is 9.81. The van der Waals surface area contributed by atoms with E-state index in [1.807, 2.05) is 31.2 Å². The Balaban J connectivity index is 2.36. The van der Waals surface area contributed by atoms with E-state index >= 15 is 0 Å². The standard InChI is InChI=1S/C11H15NO/c1-3-6-10(4-2)12-9-11-7-5-8-13-11/h3-8,10,12H,2,9H2,1H3/b6-3+/t10-/m1/s1. The highest BCUT2D eigenvalue weighted by molar-refractivity contribution is 5.04. The molecule has 0 radical (unpaired) electrons. The normalized spacial score (nSPS) is 13.3. The lowest BCUT2D eigenvalue weighted by Crippen LogP contribution is -2.23.